The lowest BCUT2D eigenvalue weighted by Crippen LogP contribution is -2.07. The van der Waals surface area contributed by atoms with Gasteiger partial charge in [-0.2, -0.15) is 10.2 Å². The molecule has 0 saturated heterocycles. The zero-order valence-corrected chi connectivity index (χ0v) is 21.6. The Kier molecular flexibility index (Phi) is 12.0. The normalized spacial score (nSPS) is 12.5. The van der Waals surface area contributed by atoms with E-state index in [1.807, 2.05) is 36.0 Å². The van der Waals surface area contributed by atoms with Gasteiger partial charge in [-0.3, -0.25) is 0 Å². The largest absolute Gasteiger partial charge is 0.463 e. The Morgan fingerprint density at radius 1 is 1.00 bits per heavy atom. The molecule has 0 N–H and O–H groups in total. The molecule has 2 aromatic rings. The SMILES string of the molecule is C=CC(=O)OCCCCCCS(=O)(=O)c1ccc(N=Nc2ccc(SC[C@H](C)CC)cc2)cc1. The van der Waals surface area contributed by atoms with Gasteiger partial charge < -0.3 is 4.74 Å². The van der Waals surface area contributed by atoms with Crippen LogP contribution in [0.2, 0.25) is 0 Å². The van der Waals surface area contributed by atoms with Crippen molar-refractivity contribution in [3.05, 3.63) is 61.2 Å². The number of sulfone groups is 1. The lowest BCUT2D eigenvalue weighted by atomic mass is 10.2. The first-order valence-corrected chi connectivity index (χ1v) is 14.2. The Balaban J connectivity index is 1.79. The highest BCUT2D eigenvalue weighted by Crippen LogP contribution is 2.26. The molecule has 0 aliphatic heterocycles. The fourth-order valence-corrected chi connectivity index (χ4v) is 5.31. The second-order valence-electron chi connectivity index (χ2n) is 8.12. The van der Waals surface area contributed by atoms with Crippen molar-refractivity contribution in [2.24, 2.45) is 16.1 Å². The molecule has 8 heteroatoms. The predicted octanol–water partition coefficient (Wildman–Crippen LogP) is 7.30. The summed E-state index contributed by atoms with van der Waals surface area (Å²) < 4.78 is 30.0. The Morgan fingerprint density at radius 3 is 2.18 bits per heavy atom. The highest BCUT2D eigenvalue weighted by molar-refractivity contribution is 7.99. The number of nitrogens with zero attached hydrogens (tertiary/aromatic N) is 2. The van der Waals surface area contributed by atoms with E-state index in [2.05, 4.69) is 30.7 Å². The zero-order valence-electron chi connectivity index (χ0n) is 20.0. The van der Waals surface area contributed by atoms with Crippen molar-refractivity contribution < 1.29 is 17.9 Å². The number of carbonyl (C=O) groups excluding carboxylic acids is 1. The third-order valence-electron chi connectivity index (χ3n) is 5.26. The Labute approximate surface area is 207 Å². The summed E-state index contributed by atoms with van der Waals surface area (Å²) in [6.45, 7) is 8.12. The summed E-state index contributed by atoms with van der Waals surface area (Å²) in [7, 11) is -3.35. The maximum atomic E-state index is 12.5. The predicted molar refractivity (Wildman–Crippen MR) is 139 cm³/mol. The average Bonchev–Trinajstić information content (AvgIpc) is 2.86. The van der Waals surface area contributed by atoms with Gasteiger partial charge in [-0.15, -0.1) is 11.8 Å². The van der Waals surface area contributed by atoms with Crippen LogP contribution in [0, 0.1) is 5.92 Å². The summed E-state index contributed by atoms with van der Waals surface area (Å²) in [6.07, 6.45) is 5.13. The van der Waals surface area contributed by atoms with Crippen molar-refractivity contribution in [2.75, 3.05) is 18.1 Å². The fraction of sp³-hybridized carbons (Fsp3) is 0.423. The maximum absolute atomic E-state index is 12.5. The Bertz CT molecular complexity index is 1030. The molecule has 0 saturated carbocycles. The molecule has 0 fully saturated rings. The molecule has 184 valence electrons. The molecular weight excluding hydrogens is 468 g/mol. The summed E-state index contributed by atoms with van der Waals surface area (Å²) in [5.74, 6) is 1.44. The van der Waals surface area contributed by atoms with Gasteiger partial charge in [0.2, 0.25) is 0 Å². The van der Waals surface area contributed by atoms with Gasteiger partial charge in [0.1, 0.15) is 0 Å². The molecule has 0 amide bonds. The smallest absolute Gasteiger partial charge is 0.330 e. The van der Waals surface area contributed by atoms with E-state index >= 15 is 0 Å². The number of hydrogen-bond acceptors (Lipinski definition) is 7. The van der Waals surface area contributed by atoms with Crippen LogP contribution >= 0.6 is 11.8 Å². The fourth-order valence-electron chi connectivity index (χ4n) is 2.90. The molecule has 34 heavy (non-hydrogen) atoms. The maximum Gasteiger partial charge on any atom is 0.330 e. The second-order valence-corrected chi connectivity index (χ2v) is 11.3. The van der Waals surface area contributed by atoms with Crippen LogP contribution in [0.1, 0.15) is 46.0 Å². The van der Waals surface area contributed by atoms with Crippen molar-refractivity contribution in [1.82, 2.24) is 0 Å². The molecule has 0 bridgehead atoms. The van der Waals surface area contributed by atoms with Crippen molar-refractivity contribution in [3.63, 3.8) is 0 Å². The van der Waals surface area contributed by atoms with Crippen LogP contribution in [-0.2, 0) is 19.4 Å². The first-order chi connectivity index (χ1) is 16.3. The molecule has 0 aliphatic rings. The molecule has 2 aromatic carbocycles. The highest BCUT2D eigenvalue weighted by Gasteiger charge is 2.13. The van der Waals surface area contributed by atoms with Crippen LogP contribution in [0.5, 0.6) is 0 Å². The van der Waals surface area contributed by atoms with E-state index in [4.69, 9.17) is 4.74 Å². The van der Waals surface area contributed by atoms with Crippen molar-refractivity contribution in [1.29, 1.82) is 0 Å². The molecule has 0 aliphatic carbocycles. The topological polar surface area (TPSA) is 85.2 Å². The average molecular weight is 503 g/mol. The number of azo groups is 1. The van der Waals surface area contributed by atoms with Crippen molar-refractivity contribution in [3.8, 4) is 0 Å². The van der Waals surface area contributed by atoms with Gasteiger partial charge in [0.25, 0.3) is 0 Å². The van der Waals surface area contributed by atoms with E-state index in [-0.39, 0.29) is 10.6 Å². The van der Waals surface area contributed by atoms with Crippen molar-refractivity contribution in [2.45, 2.75) is 55.7 Å². The molecule has 6 nitrogen and oxygen atoms in total. The number of benzene rings is 2. The first-order valence-electron chi connectivity index (χ1n) is 11.6. The first kappa shape index (κ1) is 27.8. The van der Waals surface area contributed by atoms with Crippen LogP contribution in [-0.4, -0.2) is 32.5 Å². The second kappa shape index (κ2) is 14.7. The number of thioether (sulfide) groups is 1. The van der Waals surface area contributed by atoms with E-state index in [1.165, 1.54) is 11.3 Å². The molecular formula is C26H34N2O4S2. The van der Waals surface area contributed by atoms with Gasteiger partial charge in [-0.1, -0.05) is 39.7 Å². The molecule has 0 unspecified atom stereocenters. The quantitative estimate of drug-likeness (QED) is 0.0838. The van der Waals surface area contributed by atoms with Gasteiger partial charge in [0.05, 0.1) is 28.6 Å². The summed E-state index contributed by atoms with van der Waals surface area (Å²) in [5, 5.41) is 8.47. The van der Waals surface area contributed by atoms with Crippen LogP contribution in [0.3, 0.4) is 0 Å². The number of rotatable bonds is 15. The Morgan fingerprint density at radius 2 is 1.59 bits per heavy atom. The monoisotopic (exact) mass is 502 g/mol. The molecule has 0 spiro atoms. The zero-order chi connectivity index (χ0) is 24.8. The number of ether oxygens (including phenoxy) is 1. The summed E-state index contributed by atoms with van der Waals surface area (Å²) in [5.41, 5.74) is 1.35. The van der Waals surface area contributed by atoms with Crippen LogP contribution in [0.4, 0.5) is 11.4 Å². The number of carbonyl (C=O) groups is 1. The van der Waals surface area contributed by atoms with E-state index in [0.29, 0.717) is 31.1 Å². The Hall–Kier alpha value is -2.45. The standard InChI is InChI=1S/C26H34N2O4S2/c1-4-21(3)20-33-24-14-10-22(11-15-24)27-28-23-12-16-25(17-13-23)34(30,31)19-9-7-6-8-18-32-26(29)5-2/h5,10-17,21H,2,4,6-9,18-20H2,1,3H3/t21-/m1/s1. The molecule has 0 heterocycles. The number of esters is 1. The van der Waals surface area contributed by atoms with E-state index in [1.54, 1.807) is 24.3 Å². The minimum Gasteiger partial charge on any atom is -0.463 e. The molecule has 1 atom stereocenters. The highest BCUT2D eigenvalue weighted by atomic mass is 32.2. The van der Waals surface area contributed by atoms with Gasteiger partial charge in [0, 0.05) is 16.7 Å². The van der Waals surface area contributed by atoms with Gasteiger partial charge in [0.15, 0.2) is 9.84 Å². The number of unbranched alkanes of at least 4 members (excludes halogenated alkanes) is 3. The van der Waals surface area contributed by atoms with Crippen LogP contribution < -0.4 is 0 Å². The third kappa shape index (κ3) is 10.2. The van der Waals surface area contributed by atoms with Gasteiger partial charge >= 0.3 is 5.97 Å². The van der Waals surface area contributed by atoms with Gasteiger partial charge in [-0.05, 0) is 67.3 Å². The van der Waals surface area contributed by atoms with E-state index in [9.17, 15) is 13.2 Å². The number of hydrogen-bond donors (Lipinski definition) is 0. The molecule has 0 aromatic heterocycles. The lowest BCUT2D eigenvalue weighted by Gasteiger charge is -2.07. The summed E-state index contributed by atoms with van der Waals surface area (Å²) in [4.78, 5) is 12.5. The van der Waals surface area contributed by atoms with Crippen LogP contribution in [0.25, 0.3) is 0 Å². The summed E-state index contributed by atoms with van der Waals surface area (Å²) >= 11 is 1.84. The van der Waals surface area contributed by atoms with Gasteiger partial charge in [-0.25, -0.2) is 13.2 Å². The van der Waals surface area contributed by atoms with E-state index < -0.39 is 15.8 Å². The molecule has 2 rings (SSSR count). The summed E-state index contributed by atoms with van der Waals surface area (Å²) in [6, 6.07) is 14.5. The van der Waals surface area contributed by atoms with Crippen molar-refractivity contribution >= 4 is 38.9 Å². The van der Waals surface area contributed by atoms with E-state index in [0.717, 1.165) is 30.4 Å². The van der Waals surface area contributed by atoms with Crippen LogP contribution in [0.15, 0.2) is 81.2 Å². The lowest BCUT2D eigenvalue weighted by molar-refractivity contribution is -0.137. The minimum absolute atomic E-state index is 0.0850. The third-order valence-corrected chi connectivity index (χ3v) is 8.42. The minimum atomic E-state index is -3.35. The molecule has 0 radical (unpaired) electrons.